The Bertz CT molecular complexity index is 1150. The van der Waals surface area contributed by atoms with Crippen LogP contribution >= 0.6 is 0 Å². The maximum atomic E-state index is 12.2. The maximum Gasteiger partial charge on any atom is 0.251 e. The summed E-state index contributed by atoms with van der Waals surface area (Å²) in [6.07, 6.45) is 14.3. The van der Waals surface area contributed by atoms with Crippen LogP contribution in [0.3, 0.4) is 0 Å². The third-order valence-electron chi connectivity index (χ3n) is 7.37. The van der Waals surface area contributed by atoms with Crippen LogP contribution in [0, 0.1) is 20.8 Å². The van der Waals surface area contributed by atoms with Gasteiger partial charge >= 0.3 is 0 Å². The first-order valence-corrected chi connectivity index (χ1v) is 18.0. The van der Waals surface area contributed by atoms with Gasteiger partial charge in [0.15, 0.2) is 0 Å². The fraction of sp³-hybridized carbons (Fsp3) is 0.535. The van der Waals surface area contributed by atoms with Crippen molar-refractivity contribution in [1.82, 2.24) is 5.32 Å². The normalized spacial score (nSPS) is 10.3. The lowest BCUT2D eigenvalue weighted by molar-refractivity contribution is -0.117. The van der Waals surface area contributed by atoms with Gasteiger partial charge in [-0.15, -0.1) is 0 Å². The Morgan fingerprint density at radius 2 is 1.23 bits per heavy atom. The number of rotatable bonds is 13. The number of carbonyl (C=O) groups is 2. The number of anilines is 1. The summed E-state index contributed by atoms with van der Waals surface area (Å²) < 4.78 is 0. The van der Waals surface area contributed by atoms with Crippen LogP contribution in [0.15, 0.2) is 78.0 Å². The van der Waals surface area contributed by atoms with Crippen LogP contribution in [0.25, 0.3) is 0 Å². The molecule has 0 saturated heterocycles. The molecule has 2 N–H and O–H groups in total. The number of nitrogens with one attached hydrogen (secondary N) is 2. The van der Waals surface area contributed by atoms with E-state index in [-0.39, 0.29) is 5.91 Å². The van der Waals surface area contributed by atoms with E-state index in [2.05, 4.69) is 110 Å². The van der Waals surface area contributed by atoms with E-state index in [0.717, 1.165) is 54.6 Å². The van der Waals surface area contributed by atoms with Crippen LogP contribution in [-0.2, 0) is 4.79 Å². The average molecular weight is 649 g/mol. The van der Waals surface area contributed by atoms with Gasteiger partial charge in [0.2, 0.25) is 0 Å². The van der Waals surface area contributed by atoms with Crippen LogP contribution in [0.1, 0.15) is 154 Å². The van der Waals surface area contributed by atoms with Crippen LogP contribution in [-0.4, -0.2) is 18.2 Å². The highest BCUT2D eigenvalue weighted by molar-refractivity contribution is 5.95. The zero-order valence-corrected chi connectivity index (χ0v) is 32.8. The largest absolute Gasteiger partial charge is 0.356 e. The molecule has 2 aromatic carbocycles. The minimum atomic E-state index is -0.0329. The highest BCUT2D eigenvalue weighted by Gasteiger charge is 2.09. The molecule has 2 rings (SSSR count). The van der Waals surface area contributed by atoms with Crippen molar-refractivity contribution in [2.75, 3.05) is 11.9 Å². The number of hydrogen-bond donors (Lipinski definition) is 2. The molecule has 1 amide bonds. The number of hydrogen-bond acceptors (Lipinski definition) is 3. The molecule has 0 spiro atoms. The molecular formula is C43H72N2O2. The lowest BCUT2D eigenvalue weighted by Crippen LogP contribution is -2.24. The Morgan fingerprint density at radius 3 is 1.62 bits per heavy atom. The summed E-state index contributed by atoms with van der Waals surface area (Å²) in [6.45, 7) is 31.8. The number of aryl methyl sites for hydroxylation is 3. The number of carbonyl (C=O) groups excluding carboxylic acids is 2. The third kappa shape index (κ3) is 27.4. The molecule has 4 heteroatoms. The van der Waals surface area contributed by atoms with Crippen molar-refractivity contribution in [3.8, 4) is 0 Å². The van der Waals surface area contributed by atoms with Crippen molar-refractivity contribution in [2.45, 2.75) is 148 Å². The van der Waals surface area contributed by atoms with E-state index in [1.165, 1.54) is 42.4 Å². The minimum Gasteiger partial charge on any atom is -0.356 e. The second kappa shape index (κ2) is 32.5. The zero-order chi connectivity index (χ0) is 36.6. The van der Waals surface area contributed by atoms with Crippen molar-refractivity contribution in [2.24, 2.45) is 0 Å². The first-order chi connectivity index (χ1) is 22.3. The van der Waals surface area contributed by atoms with Crippen molar-refractivity contribution in [3.05, 3.63) is 100 Å². The van der Waals surface area contributed by atoms with Gasteiger partial charge in [-0.1, -0.05) is 129 Å². The number of ketones is 1. The first kappa shape index (κ1) is 48.0. The van der Waals surface area contributed by atoms with E-state index < -0.39 is 0 Å². The number of benzene rings is 2. The first-order valence-electron chi connectivity index (χ1n) is 18.0. The Kier molecular flexibility index (Phi) is 33.2. The predicted octanol–water partition coefficient (Wildman–Crippen LogP) is 13.0. The molecule has 0 aliphatic carbocycles. The van der Waals surface area contributed by atoms with Gasteiger partial charge in [0.25, 0.3) is 5.91 Å². The van der Waals surface area contributed by atoms with Crippen molar-refractivity contribution >= 4 is 17.4 Å². The molecule has 0 unspecified atom stereocenters. The molecule has 0 aliphatic heterocycles. The van der Waals surface area contributed by atoms with E-state index in [4.69, 9.17) is 0 Å². The molecule has 4 nitrogen and oxygen atoms in total. The van der Waals surface area contributed by atoms with Gasteiger partial charge in [-0.25, -0.2) is 0 Å². The summed E-state index contributed by atoms with van der Waals surface area (Å²) in [5, 5.41) is 6.30. The fourth-order valence-electron chi connectivity index (χ4n) is 3.34. The topological polar surface area (TPSA) is 58.2 Å². The van der Waals surface area contributed by atoms with E-state index in [0.29, 0.717) is 17.9 Å². The maximum absolute atomic E-state index is 12.2. The van der Waals surface area contributed by atoms with Crippen LogP contribution in [0.2, 0.25) is 0 Å². The van der Waals surface area contributed by atoms with Gasteiger partial charge in [0.05, 0.1) is 0 Å². The van der Waals surface area contributed by atoms with Crippen LogP contribution in [0.4, 0.5) is 5.69 Å². The van der Waals surface area contributed by atoms with E-state index in [1.807, 2.05) is 45.0 Å². The molecule has 0 saturated carbocycles. The summed E-state index contributed by atoms with van der Waals surface area (Å²) in [5.74, 6) is 0.274. The molecule has 0 radical (unpaired) electrons. The second-order valence-corrected chi connectivity index (χ2v) is 11.9. The Morgan fingerprint density at radius 1 is 0.723 bits per heavy atom. The quantitative estimate of drug-likeness (QED) is 0.168. The highest BCUT2D eigenvalue weighted by atomic mass is 16.1. The molecule has 0 aliphatic rings. The Balaban J connectivity index is -0.000000677. The fourth-order valence-corrected chi connectivity index (χ4v) is 3.34. The molecule has 0 aromatic heterocycles. The molecule has 266 valence electrons. The van der Waals surface area contributed by atoms with E-state index >= 15 is 0 Å². The summed E-state index contributed by atoms with van der Waals surface area (Å²) in [7, 11) is 0. The number of Topliss-reactive ketones (excluding diaryl/α,β-unsaturated/α-hetero) is 1. The summed E-state index contributed by atoms with van der Waals surface area (Å²) >= 11 is 0. The SMILES string of the molecule is C=C(Nc1cc(C(=O)NCCCC)ccc1C)/C(C)=C(C)/C=C\C.CCCC.CCCC.CCCCC(C)=O.Cc1ccccc1C. The molecule has 0 bridgehead atoms. The van der Waals surface area contributed by atoms with Crippen LogP contribution < -0.4 is 10.6 Å². The molecular weight excluding hydrogens is 576 g/mol. The third-order valence-corrected chi connectivity index (χ3v) is 7.37. The van der Waals surface area contributed by atoms with Crippen molar-refractivity contribution in [3.63, 3.8) is 0 Å². The smallest absolute Gasteiger partial charge is 0.251 e. The van der Waals surface area contributed by atoms with E-state index in [9.17, 15) is 9.59 Å². The standard InChI is InChI=1S/C21H30N2O.C8H10.C6H12O.2C4H10/c1-7-9-13-22-21(24)19-12-11-16(4)20(14-19)23-18(6)17(5)15(3)10-8-2;1-7-5-3-4-6-8(7)2;1-3-4-5-6(2)7;2*1-3-4-2/h8,10-12,14,23H,6-7,9,13H2,1-5H3,(H,22,24);3-6H,1-2H3;3-5H2,1-2H3;2*3-4H2,1-2H3/b10-8-,17-15+;;;;. The number of amides is 1. The average Bonchev–Trinajstić information content (AvgIpc) is 3.06. The van der Waals surface area contributed by atoms with Gasteiger partial charge < -0.3 is 15.4 Å². The molecule has 47 heavy (non-hydrogen) atoms. The Labute approximate surface area is 291 Å². The predicted molar refractivity (Wildman–Crippen MR) is 212 cm³/mol. The minimum absolute atomic E-state index is 0.0329. The van der Waals surface area contributed by atoms with Gasteiger partial charge in [-0.2, -0.15) is 0 Å². The van der Waals surface area contributed by atoms with Gasteiger partial charge in [0, 0.05) is 29.9 Å². The molecule has 0 fully saturated rings. The number of unbranched alkanes of at least 4 members (excludes halogenated alkanes) is 4. The summed E-state index contributed by atoms with van der Waals surface area (Å²) in [4.78, 5) is 22.4. The molecule has 0 heterocycles. The van der Waals surface area contributed by atoms with Gasteiger partial charge in [-0.05, 0) is 101 Å². The number of allylic oxidation sites excluding steroid dienone is 4. The lowest BCUT2D eigenvalue weighted by atomic mass is 10.1. The molecule has 2 aromatic rings. The van der Waals surface area contributed by atoms with Crippen molar-refractivity contribution < 1.29 is 9.59 Å². The molecule has 0 atom stereocenters. The lowest BCUT2D eigenvalue weighted by Gasteiger charge is -2.15. The van der Waals surface area contributed by atoms with Gasteiger partial charge in [-0.3, -0.25) is 4.79 Å². The van der Waals surface area contributed by atoms with Gasteiger partial charge in [0.1, 0.15) is 5.78 Å². The van der Waals surface area contributed by atoms with Crippen molar-refractivity contribution in [1.29, 1.82) is 0 Å². The highest BCUT2D eigenvalue weighted by Crippen LogP contribution is 2.22. The summed E-state index contributed by atoms with van der Waals surface area (Å²) in [5.41, 5.74) is 8.51. The zero-order valence-electron chi connectivity index (χ0n) is 32.8. The second-order valence-electron chi connectivity index (χ2n) is 11.9. The summed E-state index contributed by atoms with van der Waals surface area (Å²) in [6, 6.07) is 14.1. The van der Waals surface area contributed by atoms with E-state index in [1.54, 1.807) is 6.92 Å². The Hall–Kier alpha value is -3.40. The van der Waals surface area contributed by atoms with Crippen LogP contribution in [0.5, 0.6) is 0 Å². The monoisotopic (exact) mass is 649 g/mol.